The third kappa shape index (κ3) is 3.75. The Balaban J connectivity index is 2.08. The topological polar surface area (TPSA) is 61.5 Å². The lowest BCUT2D eigenvalue weighted by atomic mass is 10.1. The summed E-state index contributed by atoms with van der Waals surface area (Å²) in [6.07, 6.45) is 0. The molecule has 0 aliphatic heterocycles. The van der Waals surface area contributed by atoms with E-state index in [1.807, 2.05) is 26.0 Å². The first kappa shape index (κ1) is 14.9. The Hall–Kier alpha value is -2.49. The fourth-order valence-corrected chi connectivity index (χ4v) is 2.22. The number of nitrogens with two attached hydrogens (primary N) is 1. The summed E-state index contributed by atoms with van der Waals surface area (Å²) >= 11 is 0. The maximum absolute atomic E-state index is 12.0. The SMILES string of the molecule is COc1cc(C(=O)OCc2cc(C)cc(C)c2)ccc1N. The number of hydrogen-bond acceptors (Lipinski definition) is 4. The molecule has 0 aliphatic rings. The van der Waals surface area contributed by atoms with E-state index in [-0.39, 0.29) is 6.61 Å². The molecular weight excluding hydrogens is 266 g/mol. The van der Waals surface area contributed by atoms with Gasteiger partial charge < -0.3 is 15.2 Å². The number of anilines is 1. The van der Waals surface area contributed by atoms with Gasteiger partial charge in [-0.15, -0.1) is 0 Å². The highest BCUT2D eigenvalue weighted by atomic mass is 16.5. The van der Waals surface area contributed by atoms with Gasteiger partial charge in [-0.05, 0) is 37.6 Å². The number of aryl methyl sites for hydroxylation is 2. The van der Waals surface area contributed by atoms with Crippen LogP contribution in [0, 0.1) is 13.8 Å². The standard InChI is InChI=1S/C17H19NO3/c1-11-6-12(2)8-13(7-11)10-21-17(19)14-4-5-15(18)16(9-14)20-3/h4-9H,10,18H2,1-3H3. The Morgan fingerprint density at radius 2 is 1.76 bits per heavy atom. The fraction of sp³-hybridized carbons (Fsp3) is 0.235. The van der Waals surface area contributed by atoms with E-state index in [0.717, 1.165) is 16.7 Å². The van der Waals surface area contributed by atoms with Gasteiger partial charge in [0.1, 0.15) is 12.4 Å². The van der Waals surface area contributed by atoms with Crippen molar-refractivity contribution in [1.82, 2.24) is 0 Å². The van der Waals surface area contributed by atoms with Crippen LogP contribution in [0.5, 0.6) is 5.75 Å². The van der Waals surface area contributed by atoms with E-state index >= 15 is 0 Å². The summed E-state index contributed by atoms with van der Waals surface area (Å²) in [7, 11) is 1.51. The first-order chi connectivity index (χ1) is 9.99. The smallest absolute Gasteiger partial charge is 0.338 e. The number of carbonyl (C=O) groups excluding carboxylic acids is 1. The Labute approximate surface area is 124 Å². The summed E-state index contributed by atoms with van der Waals surface area (Å²) in [4.78, 5) is 12.0. The Morgan fingerprint density at radius 1 is 1.10 bits per heavy atom. The second-order valence-corrected chi connectivity index (χ2v) is 5.03. The van der Waals surface area contributed by atoms with Crippen LogP contribution >= 0.6 is 0 Å². The molecule has 0 saturated heterocycles. The lowest BCUT2D eigenvalue weighted by Gasteiger charge is -2.09. The quantitative estimate of drug-likeness (QED) is 0.692. The van der Waals surface area contributed by atoms with Crippen molar-refractivity contribution in [1.29, 1.82) is 0 Å². The number of hydrogen-bond donors (Lipinski definition) is 1. The fourth-order valence-electron chi connectivity index (χ4n) is 2.22. The van der Waals surface area contributed by atoms with Gasteiger partial charge in [0.25, 0.3) is 0 Å². The van der Waals surface area contributed by atoms with E-state index in [0.29, 0.717) is 17.0 Å². The molecule has 0 aliphatic carbocycles. The van der Waals surface area contributed by atoms with Crippen LogP contribution < -0.4 is 10.5 Å². The van der Waals surface area contributed by atoms with Crippen molar-refractivity contribution >= 4 is 11.7 Å². The van der Waals surface area contributed by atoms with Crippen LogP contribution in [0.15, 0.2) is 36.4 Å². The summed E-state index contributed by atoms with van der Waals surface area (Å²) in [5.74, 6) is 0.0725. The second-order valence-electron chi connectivity index (χ2n) is 5.03. The molecule has 110 valence electrons. The van der Waals surface area contributed by atoms with Crippen LogP contribution in [0.2, 0.25) is 0 Å². The average Bonchev–Trinajstić information content (AvgIpc) is 2.44. The van der Waals surface area contributed by atoms with Gasteiger partial charge in [0.2, 0.25) is 0 Å². The molecule has 2 rings (SSSR count). The molecule has 0 saturated carbocycles. The zero-order valence-electron chi connectivity index (χ0n) is 12.5. The Morgan fingerprint density at radius 3 is 2.38 bits per heavy atom. The summed E-state index contributed by atoms with van der Waals surface area (Å²) in [6, 6.07) is 10.9. The zero-order valence-corrected chi connectivity index (χ0v) is 12.5. The molecule has 2 aromatic rings. The van der Waals surface area contributed by atoms with Crippen molar-refractivity contribution in [2.24, 2.45) is 0 Å². The Bertz CT molecular complexity index is 645. The monoisotopic (exact) mass is 285 g/mol. The van der Waals surface area contributed by atoms with E-state index < -0.39 is 5.97 Å². The molecule has 0 radical (unpaired) electrons. The molecule has 0 bridgehead atoms. The highest BCUT2D eigenvalue weighted by Crippen LogP contribution is 2.22. The molecule has 4 nitrogen and oxygen atoms in total. The molecule has 0 aromatic heterocycles. The molecule has 0 amide bonds. The van der Waals surface area contributed by atoms with E-state index in [2.05, 4.69) is 6.07 Å². The Kier molecular flexibility index (Phi) is 4.48. The summed E-state index contributed by atoms with van der Waals surface area (Å²) in [5.41, 5.74) is 9.90. The molecule has 0 heterocycles. The minimum absolute atomic E-state index is 0.244. The van der Waals surface area contributed by atoms with Gasteiger partial charge in [0.05, 0.1) is 18.4 Å². The third-order valence-corrected chi connectivity index (χ3v) is 3.12. The summed E-state index contributed by atoms with van der Waals surface area (Å²) in [5, 5.41) is 0. The van der Waals surface area contributed by atoms with E-state index in [9.17, 15) is 4.79 Å². The number of benzene rings is 2. The molecule has 0 atom stereocenters. The number of ether oxygens (including phenoxy) is 2. The molecule has 2 N–H and O–H groups in total. The van der Waals surface area contributed by atoms with Crippen molar-refractivity contribution < 1.29 is 14.3 Å². The molecule has 0 unspecified atom stereocenters. The number of esters is 1. The maximum Gasteiger partial charge on any atom is 0.338 e. The molecule has 4 heteroatoms. The van der Waals surface area contributed by atoms with Crippen molar-refractivity contribution in [2.45, 2.75) is 20.5 Å². The van der Waals surface area contributed by atoms with Gasteiger partial charge >= 0.3 is 5.97 Å². The van der Waals surface area contributed by atoms with Gasteiger partial charge in [0.15, 0.2) is 0 Å². The van der Waals surface area contributed by atoms with Crippen LogP contribution in [0.4, 0.5) is 5.69 Å². The van der Waals surface area contributed by atoms with Crippen LogP contribution in [0.3, 0.4) is 0 Å². The molecular formula is C17H19NO3. The van der Waals surface area contributed by atoms with Crippen molar-refractivity contribution in [3.63, 3.8) is 0 Å². The van der Waals surface area contributed by atoms with Crippen molar-refractivity contribution in [3.8, 4) is 5.75 Å². The molecule has 2 aromatic carbocycles. The lowest BCUT2D eigenvalue weighted by Crippen LogP contribution is -2.06. The minimum Gasteiger partial charge on any atom is -0.495 e. The highest BCUT2D eigenvalue weighted by Gasteiger charge is 2.10. The number of nitrogen functional groups attached to an aromatic ring is 1. The first-order valence-electron chi connectivity index (χ1n) is 6.67. The highest BCUT2D eigenvalue weighted by molar-refractivity contribution is 5.90. The van der Waals surface area contributed by atoms with Gasteiger partial charge in [0, 0.05) is 0 Å². The van der Waals surface area contributed by atoms with Gasteiger partial charge in [-0.2, -0.15) is 0 Å². The lowest BCUT2D eigenvalue weighted by molar-refractivity contribution is 0.0472. The number of rotatable bonds is 4. The zero-order chi connectivity index (χ0) is 15.4. The normalized spacial score (nSPS) is 10.2. The predicted molar refractivity (Wildman–Crippen MR) is 82.4 cm³/mol. The number of methoxy groups -OCH3 is 1. The predicted octanol–water partition coefficient (Wildman–Crippen LogP) is 3.25. The van der Waals surface area contributed by atoms with Crippen LogP contribution in [0.25, 0.3) is 0 Å². The van der Waals surface area contributed by atoms with Gasteiger partial charge in [-0.25, -0.2) is 4.79 Å². The largest absolute Gasteiger partial charge is 0.495 e. The molecule has 0 spiro atoms. The van der Waals surface area contributed by atoms with Crippen LogP contribution in [-0.2, 0) is 11.3 Å². The van der Waals surface area contributed by atoms with Crippen LogP contribution in [0.1, 0.15) is 27.0 Å². The molecule has 21 heavy (non-hydrogen) atoms. The number of carbonyl (C=O) groups is 1. The first-order valence-corrected chi connectivity index (χ1v) is 6.67. The average molecular weight is 285 g/mol. The van der Waals surface area contributed by atoms with Gasteiger partial charge in [-0.3, -0.25) is 0 Å². The van der Waals surface area contributed by atoms with E-state index in [4.69, 9.17) is 15.2 Å². The van der Waals surface area contributed by atoms with Crippen LogP contribution in [-0.4, -0.2) is 13.1 Å². The maximum atomic E-state index is 12.0. The van der Waals surface area contributed by atoms with Crippen molar-refractivity contribution in [3.05, 3.63) is 58.7 Å². The van der Waals surface area contributed by atoms with E-state index in [1.54, 1.807) is 18.2 Å². The van der Waals surface area contributed by atoms with Crippen molar-refractivity contribution in [2.75, 3.05) is 12.8 Å². The summed E-state index contributed by atoms with van der Waals surface area (Å²) < 4.78 is 10.4. The van der Waals surface area contributed by atoms with Gasteiger partial charge in [-0.1, -0.05) is 29.3 Å². The second kappa shape index (κ2) is 6.31. The minimum atomic E-state index is -0.396. The third-order valence-electron chi connectivity index (χ3n) is 3.12. The van der Waals surface area contributed by atoms with E-state index in [1.165, 1.54) is 7.11 Å². The summed E-state index contributed by atoms with van der Waals surface area (Å²) in [6.45, 7) is 4.28. The molecule has 0 fully saturated rings.